The Labute approximate surface area is 216 Å². The number of H-pyrrole nitrogens is 1. The minimum atomic E-state index is -0.887. The number of nitrogens with one attached hydrogen (secondary N) is 1. The first kappa shape index (κ1) is 24.8. The molecule has 3 heterocycles. The molecule has 5 rings (SSSR count). The van der Waals surface area contributed by atoms with E-state index in [0.717, 1.165) is 38.0 Å². The van der Waals surface area contributed by atoms with Gasteiger partial charge in [-0.2, -0.15) is 0 Å². The first-order valence-electron chi connectivity index (χ1n) is 12.9. The molecule has 37 heavy (non-hydrogen) atoms. The Kier molecular flexibility index (Phi) is 7.65. The van der Waals surface area contributed by atoms with Crippen LogP contribution in [-0.4, -0.2) is 54.7 Å². The van der Waals surface area contributed by atoms with Crippen LogP contribution in [0, 0.1) is 0 Å². The SMILES string of the molecule is O=C(O)N1CC[C@H](n2c(=O)[nH]c3ncccc32)C[C@@H]1CCCN(Cc1ccccc1)Cc1ccccc1. The highest BCUT2D eigenvalue weighted by Crippen LogP contribution is 2.30. The number of pyridine rings is 1. The van der Waals surface area contributed by atoms with E-state index < -0.39 is 6.09 Å². The Morgan fingerprint density at radius 1 is 1.00 bits per heavy atom. The summed E-state index contributed by atoms with van der Waals surface area (Å²) in [6.07, 6.45) is 3.62. The van der Waals surface area contributed by atoms with Crippen LogP contribution in [0.25, 0.3) is 11.2 Å². The Morgan fingerprint density at radius 2 is 1.68 bits per heavy atom. The molecule has 0 aliphatic carbocycles. The third kappa shape index (κ3) is 5.91. The number of amides is 1. The molecular formula is C29H33N5O3. The standard InChI is InChI=1S/C29H33N5O3/c35-28-31-27-26(14-7-16-30-27)34(28)25-15-18-33(29(36)37)24(19-25)13-8-17-32(20-22-9-3-1-4-10-22)21-23-11-5-2-6-12-23/h1-7,9-12,14,16,24-25H,8,13,15,17-21H2,(H,36,37)(H,30,31,35)/t24-,25-/m0/s1. The summed E-state index contributed by atoms with van der Waals surface area (Å²) in [6, 6.07) is 24.4. The van der Waals surface area contributed by atoms with Gasteiger partial charge in [-0.15, -0.1) is 0 Å². The summed E-state index contributed by atoms with van der Waals surface area (Å²) in [7, 11) is 0. The van der Waals surface area contributed by atoms with Gasteiger partial charge in [0.05, 0.1) is 5.52 Å². The van der Waals surface area contributed by atoms with Crippen LogP contribution in [0.2, 0.25) is 0 Å². The number of aromatic amines is 1. The number of rotatable bonds is 9. The average Bonchev–Trinajstić information content (AvgIpc) is 3.25. The van der Waals surface area contributed by atoms with Gasteiger partial charge in [0.25, 0.3) is 0 Å². The molecule has 0 bridgehead atoms. The Morgan fingerprint density at radius 3 is 2.32 bits per heavy atom. The number of piperidine rings is 1. The monoisotopic (exact) mass is 499 g/mol. The summed E-state index contributed by atoms with van der Waals surface area (Å²) in [5, 5.41) is 9.88. The van der Waals surface area contributed by atoms with Gasteiger partial charge in [-0.1, -0.05) is 60.7 Å². The van der Waals surface area contributed by atoms with E-state index >= 15 is 0 Å². The lowest BCUT2D eigenvalue weighted by atomic mass is 9.93. The van der Waals surface area contributed by atoms with E-state index in [-0.39, 0.29) is 17.8 Å². The van der Waals surface area contributed by atoms with Gasteiger partial charge in [-0.3, -0.25) is 14.5 Å². The van der Waals surface area contributed by atoms with Gasteiger partial charge in [0.15, 0.2) is 5.65 Å². The second kappa shape index (κ2) is 11.4. The molecule has 2 aromatic heterocycles. The van der Waals surface area contributed by atoms with Crippen molar-refractivity contribution in [3.63, 3.8) is 0 Å². The summed E-state index contributed by atoms with van der Waals surface area (Å²) in [4.78, 5) is 35.9. The van der Waals surface area contributed by atoms with E-state index in [1.165, 1.54) is 11.1 Å². The first-order chi connectivity index (χ1) is 18.1. The maximum atomic E-state index is 12.7. The van der Waals surface area contributed by atoms with Gasteiger partial charge in [0.1, 0.15) is 0 Å². The van der Waals surface area contributed by atoms with Crippen molar-refractivity contribution in [2.45, 2.75) is 50.9 Å². The highest BCUT2D eigenvalue weighted by Gasteiger charge is 2.33. The number of hydrogen-bond acceptors (Lipinski definition) is 4. The molecule has 1 saturated heterocycles. The number of hydrogen-bond donors (Lipinski definition) is 2. The second-order valence-corrected chi connectivity index (χ2v) is 9.80. The molecule has 0 spiro atoms. The van der Waals surface area contributed by atoms with Crippen LogP contribution in [0.15, 0.2) is 83.8 Å². The van der Waals surface area contributed by atoms with Gasteiger partial charge < -0.3 is 10.0 Å². The first-order valence-corrected chi connectivity index (χ1v) is 12.9. The maximum absolute atomic E-state index is 12.7. The normalized spacial score (nSPS) is 17.9. The number of imidazole rings is 1. The summed E-state index contributed by atoms with van der Waals surface area (Å²) in [5.74, 6) is 0. The van der Waals surface area contributed by atoms with E-state index in [1.807, 2.05) is 24.3 Å². The smallest absolute Gasteiger partial charge is 0.407 e. The Balaban J connectivity index is 1.28. The molecule has 2 atom stereocenters. The highest BCUT2D eigenvalue weighted by molar-refractivity contribution is 5.70. The molecule has 1 amide bonds. The molecule has 4 aromatic rings. The van der Waals surface area contributed by atoms with Crippen LogP contribution in [0.5, 0.6) is 0 Å². The minimum absolute atomic E-state index is 0.0595. The number of likely N-dealkylation sites (tertiary alicyclic amines) is 1. The summed E-state index contributed by atoms with van der Waals surface area (Å²) in [5.41, 5.74) is 3.68. The molecule has 1 aliphatic rings. The third-order valence-electron chi connectivity index (χ3n) is 7.30. The van der Waals surface area contributed by atoms with Crippen molar-refractivity contribution in [2.24, 2.45) is 0 Å². The van der Waals surface area contributed by atoms with Crippen LogP contribution >= 0.6 is 0 Å². The van der Waals surface area contributed by atoms with Crippen molar-refractivity contribution >= 4 is 17.3 Å². The largest absolute Gasteiger partial charge is 0.465 e. The maximum Gasteiger partial charge on any atom is 0.407 e. The van der Waals surface area contributed by atoms with Gasteiger partial charge >= 0.3 is 11.8 Å². The summed E-state index contributed by atoms with van der Waals surface area (Å²) >= 11 is 0. The minimum Gasteiger partial charge on any atom is -0.465 e. The number of benzene rings is 2. The quantitative estimate of drug-likeness (QED) is 0.342. The van der Waals surface area contributed by atoms with Crippen LogP contribution in [0.3, 0.4) is 0 Å². The average molecular weight is 500 g/mol. The van der Waals surface area contributed by atoms with Crippen molar-refractivity contribution in [1.82, 2.24) is 24.3 Å². The fourth-order valence-electron chi connectivity index (χ4n) is 5.56. The molecule has 0 saturated carbocycles. The third-order valence-corrected chi connectivity index (χ3v) is 7.30. The lowest BCUT2D eigenvalue weighted by Crippen LogP contribution is -2.47. The molecule has 8 heteroatoms. The zero-order valence-corrected chi connectivity index (χ0v) is 20.9. The van der Waals surface area contributed by atoms with Gasteiger partial charge in [-0.05, 0) is 55.5 Å². The molecule has 1 aliphatic heterocycles. The van der Waals surface area contributed by atoms with Gasteiger partial charge in [-0.25, -0.2) is 14.6 Å². The molecule has 2 aromatic carbocycles. The van der Waals surface area contributed by atoms with Crippen molar-refractivity contribution in [3.8, 4) is 0 Å². The van der Waals surface area contributed by atoms with E-state index in [2.05, 4.69) is 63.4 Å². The number of carbonyl (C=O) groups is 1. The van der Waals surface area contributed by atoms with Crippen LogP contribution in [-0.2, 0) is 13.1 Å². The summed E-state index contributed by atoms with van der Waals surface area (Å²) in [6.45, 7) is 2.95. The van der Waals surface area contributed by atoms with Crippen molar-refractivity contribution in [1.29, 1.82) is 0 Å². The zero-order valence-electron chi connectivity index (χ0n) is 20.9. The topological polar surface area (TPSA) is 94.5 Å². The van der Waals surface area contributed by atoms with E-state index in [9.17, 15) is 14.7 Å². The molecule has 2 N–H and O–H groups in total. The van der Waals surface area contributed by atoms with Gasteiger partial charge in [0, 0.05) is 37.9 Å². The second-order valence-electron chi connectivity index (χ2n) is 9.80. The number of aromatic nitrogens is 3. The lowest BCUT2D eigenvalue weighted by Gasteiger charge is -2.38. The van der Waals surface area contributed by atoms with Crippen LogP contribution < -0.4 is 5.69 Å². The summed E-state index contributed by atoms with van der Waals surface area (Å²) < 4.78 is 1.77. The van der Waals surface area contributed by atoms with E-state index in [1.54, 1.807) is 15.7 Å². The zero-order chi connectivity index (χ0) is 25.6. The fourth-order valence-corrected chi connectivity index (χ4v) is 5.56. The van der Waals surface area contributed by atoms with Crippen LogP contribution in [0.4, 0.5) is 4.79 Å². The highest BCUT2D eigenvalue weighted by atomic mass is 16.4. The Hall–Kier alpha value is -3.91. The predicted molar refractivity (Wildman–Crippen MR) is 143 cm³/mol. The lowest BCUT2D eigenvalue weighted by molar-refractivity contribution is 0.0853. The molecule has 0 radical (unpaired) electrons. The molecular weight excluding hydrogens is 466 g/mol. The van der Waals surface area contributed by atoms with E-state index in [4.69, 9.17) is 0 Å². The van der Waals surface area contributed by atoms with Crippen molar-refractivity contribution < 1.29 is 9.90 Å². The van der Waals surface area contributed by atoms with Gasteiger partial charge in [0.2, 0.25) is 0 Å². The number of carboxylic acid groups (broad SMARTS) is 1. The molecule has 0 unspecified atom stereocenters. The number of nitrogens with zero attached hydrogens (tertiary/aromatic N) is 4. The van der Waals surface area contributed by atoms with Crippen LogP contribution in [0.1, 0.15) is 42.9 Å². The van der Waals surface area contributed by atoms with E-state index in [0.29, 0.717) is 25.0 Å². The molecule has 8 nitrogen and oxygen atoms in total. The predicted octanol–water partition coefficient (Wildman–Crippen LogP) is 4.89. The fraction of sp³-hybridized carbons (Fsp3) is 0.345. The number of fused-ring (bicyclic) bond motifs is 1. The Bertz CT molecular complexity index is 1330. The van der Waals surface area contributed by atoms with Crippen molar-refractivity contribution in [2.75, 3.05) is 13.1 Å². The molecule has 1 fully saturated rings. The van der Waals surface area contributed by atoms with Crippen molar-refractivity contribution in [3.05, 3.63) is 101 Å². The molecule has 192 valence electrons.